The summed E-state index contributed by atoms with van der Waals surface area (Å²) in [5.41, 5.74) is 0.388. The molecule has 0 fully saturated rings. The number of nitrogens with zero attached hydrogens (tertiary/aromatic N) is 2. The number of rotatable bonds is 5. The fourth-order valence-corrected chi connectivity index (χ4v) is 2.21. The van der Waals surface area contributed by atoms with Gasteiger partial charge in [-0.15, -0.1) is 4.83 Å². The molecule has 18 heavy (non-hydrogen) atoms. The summed E-state index contributed by atoms with van der Waals surface area (Å²) in [7, 11) is -0.607. The molecule has 0 radical (unpaired) electrons. The van der Waals surface area contributed by atoms with Gasteiger partial charge in [-0.1, -0.05) is 0 Å². The predicted octanol–water partition coefficient (Wildman–Crippen LogP) is -0.0657. The SMILES string of the molecule is CN(C)NS(=O)(=O)c1cncc(/C=C/C(=O)O)c1. The first-order chi connectivity index (χ1) is 8.31. The van der Waals surface area contributed by atoms with E-state index in [0.717, 1.165) is 6.08 Å². The van der Waals surface area contributed by atoms with Crippen LogP contribution in [0.4, 0.5) is 0 Å². The van der Waals surface area contributed by atoms with Gasteiger partial charge in [0.05, 0.1) is 0 Å². The minimum Gasteiger partial charge on any atom is -0.478 e. The van der Waals surface area contributed by atoms with Crippen molar-refractivity contribution in [3.05, 3.63) is 30.1 Å². The maximum Gasteiger partial charge on any atom is 0.328 e. The zero-order valence-electron chi connectivity index (χ0n) is 9.86. The molecule has 0 aliphatic heterocycles. The Bertz CT molecular complexity index is 566. The molecule has 7 nitrogen and oxygen atoms in total. The monoisotopic (exact) mass is 271 g/mol. The third kappa shape index (κ3) is 4.24. The molecule has 0 aliphatic carbocycles. The quantitative estimate of drug-likeness (QED) is 0.574. The van der Waals surface area contributed by atoms with Gasteiger partial charge in [0.1, 0.15) is 4.90 Å². The standard InChI is InChI=1S/C10H13N3O4S/c1-13(2)12-18(16,17)9-5-8(6-11-7-9)3-4-10(14)15/h3-7,12H,1-2H3,(H,14,15)/b4-3+. The van der Waals surface area contributed by atoms with Crippen LogP contribution in [0.15, 0.2) is 29.4 Å². The van der Waals surface area contributed by atoms with Gasteiger partial charge < -0.3 is 5.11 Å². The number of hydrogen-bond acceptors (Lipinski definition) is 5. The van der Waals surface area contributed by atoms with Gasteiger partial charge in [0.25, 0.3) is 10.0 Å². The van der Waals surface area contributed by atoms with Gasteiger partial charge in [-0.05, 0) is 17.7 Å². The molecule has 98 valence electrons. The van der Waals surface area contributed by atoms with Crippen LogP contribution < -0.4 is 4.83 Å². The van der Waals surface area contributed by atoms with Crippen LogP contribution >= 0.6 is 0 Å². The predicted molar refractivity (Wildman–Crippen MR) is 64.9 cm³/mol. The highest BCUT2D eigenvalue weighted by molar-refractivity contribution is 7.89. The molecule has 0 saturated carbocycles. The second-order valence-electron chi connectivity index (χ2n) is 3.61. The number of sulfonamides is 1. The second-order valence-corrected chi connectivity index (χ2v) is 5.28. The fourth-order valence-electron chi connectivity index (χ4n) is 1.13. The molecule has 0 spiro atoms. The maximum atomic E-state index is 11.8. The molecule has 0 bridgehead atoms. The fraction of sp³-hybridized carbons (Fsp3) is 0.200. The van der Waals surface area contributed by atoms with Crippen LogP contribution in [0.5, 0.6) is 0 Å². The second kappa shape index (κ2) is 5.71. The highest BCUT2D eigenvalue weighted by Crippen LogP contribution is 2.10. The van der Waals surface area contributed by atoms with Crippen molar-refractivity contribution in [3.63, 3.8) is 0 Å². The van der Waals surface area contributed by atoms with Crippen LogP contribution in [0.1, 0.15) is 5.56 Å². The lowest BCUT2D eigenvalue weighted by atomic mass is 10.2. The summed E-state index contributed by atoms with van der Waals surface area (Å²) in [5, 5.41) is 9.77. The Kier molecular flexibility index (Phi) is 4.54. The number of hydrazine groups is 1. The van der Waals surface area contributed by atoms with Gasteiger partial charge in [0.15, 0.2) is 0 Å². The highest BCUT2D eigenvalue weighted by Gasteiger charge is 2.15. The molecule has 0 saturated heterocycles. The van der Waals surface area contributed by atoms with Gasteiger partial charge in [-0.25, -0.2) is 18.2 Å². The largest absolute Gasteiger partial charge is 0.478 e. The van der Waals surface area contributed by atoms with Crippen LogP contribution in [0.3, 0.4) is 0 Å². The highest BCUT2D eigenvalue weighted by atomic mass is 32.2. The molecule has 1 heterocycles. The van der Waals surface area contributed by atoms with Crippen molar-refractivity contribution in [2.24, 2.45) is 0 Å². The summed E-state index contributed by atoms with van der Waals surface area (Å²) in [4.78, 5) is 16.3. The van der Waals surface area contributed by atoms with Crippen molar-refractivity contribution in [1.29, 1.82) is 0 Å². The molecular weight excluding hydrogens is 258 g/mol. The van der Waals surface area contributed by atoms with E-state index in [2.05, 4.69) is 9.82 Å². The number of carbonyl (C=O) groups is 1. The first-order valence-corrected chi connectivity index (χ1v) is 6.35. The number of pyridine rings is 1. The number of aliphatic carboxylic acids is 1. The van der Waals surface area contributed by atoms with E-state index in [9.17, 15) is 13.2 Å². The van der Waals surface area contributed by atoms with Crippen molar-refractivity contribution in [2.45, 2.75) is 4.90 Å². The third-order valence-electron chi connectivity index (χ3n) is 1.77. The van der Waals surface area contributed by atoms with E-state index in [1.165, 1.54) is 29.5 Å². The van der Waals surface area contributed by atoms with Gasteiger partial charge in [-0.3, -0.25) is 4.98 Å². The number of nitrogens with one attached hydrogen (secondary N) is 1. The van der Waals surface area contributed by atoms with E-state index >= 15 is 0 Å². The van der Waals surface area contributed by atoms with E-state index in [0.29, 0.717) is 5.56 Å². The van der Waals surface area contributed by atoms with Crippen LogP contribution in [0.2, 0.25) is 0 Å². The number of aromatic nitrogens is 1. The average Bonchev–Trinajstić information content (AvgIpc) is 2.25. The van der Waals surface area contributed by atoms with Crippen molar-refractivity contribution in [2.75, 3.05) is 14.1 Å². The Labute approximate surface area is 105 Å². The summed E-state index contributed by atoms with van der Waals surface area (Å²) < 4.78 is 23.6. The zero-order chi connectivity index (χ0) is 13.8. The zero-order valence-corrected chi connectivity index (χ0v) is 10.7. The van der Waals surface area contributed by atoms with Crippen molar-refractivity contribution >= 4 is 22.1 Å². The van der Waals surface area contributed by atoms with Crippen LogP contribution in [0, 0.1) is 0 Å². The summed E-state index contributed by atoms with van der Waals surface area (Å²) in [6, 6.07) is 1.33. The summed E-state index contributed by atoms with van der Waals surface area (Å²) in [5.74, 6) is -1.12. The minimum atomic E-state index is -3.69. The third-order valence-corrected chi connectivity index (χ3v) is 3.22. The molecule has 8 heteroatoms. The number of hydrogen-bond donors (Lipinski definition) is 2. The Morgan fingerprint density at radius 2 is 2.11 bits per heavy atom. The van der Waals surface area contributed by atoms with Gasteiger partial charge in [-0.2, -0.15) is 0 Å². The van der Waals surface area contributed by atoms with Crippen LogP contribution in [-0.4, -0.2) is 43.6 Å². The first-order valence-electron chi connectivity index (χ1n) is 4.87. The van der Waals surface area contributed by atoms with Crippen LogP contribution in [0.25, 0.3) is 6.08 Å². The van der Waals surface area contributed by atoms with Crippen molar-refractivity contribution < 1.29 is 18.3 Å². The maximum absolute atomic E-state index is 11.8. The molecule has 0 atom stereocenters. The Balaban J connectivity index is 3.05. The van der Waals surface area contributed by atoms with E-state index in [1.807, 2.05) is 0 Å². The van der Waals surface area contributed by atoms with Gasteiger partial charge in [0, 0.05) is 32.6 Å². The number of carboxylic acids is 1. The molecule has 1 aromatic heterocycles. The molecule has 0 amide bonds. The Morgan fingerprint density at radius 1 is 1.44 bits per heavy atom. The van der Waals surface area contributed by atoms with Crippen molar-refractivity contribution in [1.82, 2.24) is 14.8 Å². The molecular formula is C10H13N3O4S. The molecule has 0 aromatic carbocycles. The minimum absolute atomic E-state index is 0.0382. The summed E-state index contributed by atoms with van der Waals surface area (Å²) in [6.45, 7) is 0. The number of carboxylic acid groups (broad SMARTS) is 1. The normalized spacial score (nSPS) is 12.2. The average molecular weight is 271 g/mol. The van der Waals surface area contributed by atoms with E-state index in [1.54, 1.807) is 14.1 Å². The lowest BCUT2D eigenvalue weighted by Gasteiger charge is -2.12. The smallest absolute Gasteiger partial charge is 0.328 e. The Morgan fingerprint density at radius 3 is 2.67 bits per heavy atom. The van der Waals surface area contributed by atoms with E-state index in [4.69, 9.17) is 5.11 Å². The topological polar surface area (TPSA) is 99.6 Å². The van der Waals surface area contributed by atoms with Crippen molar-refractivity contribution in [3.8, 4) is 0 Å². The first kappa shape index (κ1) is 14.3. The Hall–Kier alpha value is -1.77. The lowest BCUT2D eigenvalue weighted by molar-refractivity contribution is -0.131. The van der Waals surface area contributed by atoms with Gasteiger partial charge in [0.2, 0.25) is 0 Å². The summed E-state index contributed by atoms with van der Waals surface area (Å²) >= 11 is 0. The van der Waals surface area contributed by atoms with Gasteiger partial charge >= 0.3 is 5.97 Å². The molecule has 2 N–H and O–H groups in total. The van der Waals surface area contributed by atoms with E-state index < -0.39 is 16.0 Å². The molecule has 0 aliphatic rings. The molecule has 1 aromatic rings. The molecule has 0 unspecified atom stereocenters. The van der Waals surface area contributed by atoms with Crippen LogP contribution in [-0.2, 0) is 14.8 Å². The van der Waals surface area contributed by atoms with E-state index in [-0.39, 0.29) is 4.90 Å². The lowest BCUT2D eigenvalue weighted by Crippen LogP contribution is -2.36. The summed E-state index contributed by atoms with van der Waals surface area (Å²) in [6.07, 6.45) is 4.73. The molecule has 1 rings (SSSR count).